The summed E-state index contributed by atoms with van der Waals surface area (Å²) in [5.74, 6) is 1.96. The number of nitrogens with zero attached hydrogens (tertiary/aromatic N) is 6. The van der Waals surface area contributed by atoms with Gasteiger partial charge in [-0.2, -0.15) is 0 Å². The number of hydrogen-bond donors (Lipinski definition) is 1. The molecule has 0 aromatic carbocycles. The molecule has 0 amide bonds. The molecule has 0 bridgehead atoms. The van der Waals surface area contributed by atoms with Crippen molar-refractivity contribution in [1.29, 1.82) is 0 Å². The molecule has 2 fully saturated rings. The zero-order valence-corrected chi connectivity index (χ0v) is 23.4. The van der Waals surface area contributed by atoms with Crippen molar-refractivity contribution in [2.75, 3.05) is 7.11 Å². The first kappa shape index (κ1) is 26.1. The molecule has 0 spiro atoms. The second-order valence-corrected chi connectivity index (χ2v) is 11.8. The van der Waals surface area contributed by atoms with Gasteiger partial charge in [0.1, 0.15) is 22.6 Å². The molecule has 6 rings (SSSR count). The van der Waals surface area contributed by atoms with Crippen molar-refractivity contribution in [2.45, 2.75) is 77.4 Å². The fraction of sp³-hybridized carbons (Fsp3) is 0.571. The van der Waals surface area contributed by atoms with Gasteiger partial charge >= 0.3 is 5.76 Å². The number of nitrogens with one attached hydrogen (secondary N) is 1. The molecule has 0 saturated heterocycles. The molecule has 0 radical (unpaired) electrons. The third kappa shape index (κ3) is 4.89. The number of hydrogen-bond acceptors (Lipinski definition) is 8. The lowest BCUT2D eigenvalue weighted by atomic mass is 9.82. The van der Waals surface area contributed by atoms with Crippen molar-refractivity contribution in [1.82, 2.24) is 34.7 Å². The van der Waals surface area contributed by atoms with E-state index < -0.39 is 11.4 Å². The van der Waals surface area contributed by atoms with Crippen molar-refractivity contribution in [2.24, 2.45) is 17.8 Å². The van der Waals surface area contributed by atoms with E-state index in [0.717, 1.165) is 42.2 Å². The van der Waals surface area contributed by atoms with Crippen LogP contribution in [0.3, 0.4) is 0 Å². The van der Waals surface area contributed by atoms with Crippen LogP contribution in [0.4, 0.5) is 0 Å². The smallest absolute Gasteiger partial charge is 0.384 e. The minimum Gasteiger partial charge on any atom is -0.384 e. The Balaban J connectivity index is 1.61. The second kappa shape index (κ2) is 10.5. The normalized spacial score (nSPS) is 21.9. The van der Waals surface area contributed by atoms with Gasteiger partial charge in [0.05, 0.1) is 5.02 Å². The van der Waals surface area contributed by atoms with Crippen LogP contribution in [0.25, 0.3) is 34.1 Å². The predicted molar refractivity (Wildman–Crippen MR) is 147 cm³/mol. The van der Waals surface area contributed by atoms with E-state index in [-0.39, 0.29) is 11.7 Å². The van der Waals surface area contributed by atoms with Crippen molar-refractivity contribution in [3.63, 3.8) is 0 Å². The van der Waals surface area contributed by atoms with E-state index in [9.17, 15) is 4.79 Å². The first-order chi connectivity index (χ1) is 18.9. The van der Waals surface area contributed by atoms with Crippen LogP contribution in [0.2, 0.25) is 5.02 Å². The van der Waals surface area contributed by atoms with E-state index in [0.29, 0.717) is 28.2 Å². The quantitative estimate of drug-likeness (QED) is 0.307. The lowest BCUT2D eigenvalue weighted by Crippen LogP contribution is -2.36. The third-order valence-electron chi connectivity index (χ3n) is 8.79. The summed E-state index contributed by atoms with van der Waals surface area (Å²) in [5.41, 5.74) is 2.04. The van der Waals surface area contributed by atoms with E-state index >= 15 is 0 Å². The molecule has 4 aromatic heterocycles. The molecule has 10 nitrogen and oxygen atoms in total. The van der Waals surface area contributed by atoms with Gasteiger partial charge in [0, 0.05) is 31.6 Å². The molecule has 2 aliphatic rings. The minimum absolute atomic E-state index is 0.000742. The van der Waals surface area contributed by atoms with E-state index in [4.69, 9.17) is 35.7 Å². The number of aromatic amines is 1. The molecular formula is C28H34ClN7O3. The predicted octanol–water partition coefficient (Wildman–Crippen LogP) is 5.76. The van der Waals surface area contributed by atoms with Crippen LogP contribution in [0.15, 0.2) is 27.7 Å². The van der Waals surface area contributed by atoms with Gasteiger partial charge in [-0.15, -0.1) is 5.10 Å². The van der Waals surface area contributed by atoms with Crippen LogP contribution >= 0.6 is 11.6 Å². The van der Waals surface area contributed by atoms with Crippen molar-refractivity contribution < 1.29 is 9.15 Å². The van der Waals surface area contributed by atoms with Gasteiger partial charge in [-0.3, -0.25) is 4.98 Å². The number of halogens is 1. The van der Waals surface area contributed by atoms with E-state index in [1.165, 1.54) is 38.5 Å². The monoisotopic (exact) mass is 551 g/mol. The zero-order valence-electron chi connectivity index (χ0n) is 22.6. The Morgan fingerprint density at radius 1 is 1.13 bits per heavy atom. The molecule has 1 N–H and O–H groups in total. The Labute approximate surface area is 231 Å². The van der Waals surface area contributed by atoms with E-state index in [1.807, 2.05) is 6.07 Å². The number of aromatic nitrogens is 7. The standard InChI is InChI=1S/C28H34ClN7O3/c1-16-8-10-17(11-9-16)15-36-22-21(18-12-20(29)14-30-13-18)31-24(25-34-35-27(37)39-25)32-23(22)33-26(36)28(2,38-3)19-6-4-5-7-19/h12-14,16-17,19H,4-11,15H2,1-3H3,(H,35,37). The maximum atomic E-state index is 11.7. The van der Waals surface area contributed by atoms with Crippen LogP contribution in [0.1, 0.15) is 71.0 Å². The van der Waals surface area contributed by atoms with Crippen LogP contribution in [0, 0.1) is 17.8 Å². The molecule has 0 aliphatic heterocycles. The van der Waals surface area contributed by atoms with Gasteiger partial charge in [0.25, 0.3) is 5.89 Å². The number of imidazole rings is 1. The first-order valence-corrected chi connectivity index (χ1v) is 14.2. The van der Waals surface area contributed by atoms with Gasteiger partial charge < -0.3 is 13.7 Å². The Morgan fingerprint density at radius 3 is 2.56 bits per heavy atom. The Morgan fingerprint density at radius 2 is 1.90 bits per heavy atom. The van der Waals surface area contributed by atoms with Gasteiger partial charge in [0.15, 0.2) is 5.65 Å². The highest BCUT2D eigenvalue weighted by molar-refractivity contribution is 6.30. The topological polar surface area (TPSA) is 125 Å². The number of methoxy groups -OCH3 is 1. The minimum atomic E-state index is -0.675. The lowest BCUT2D eigenvalue weighted by molar-refractivity contribution is -0.0567. The molecule has 4 heterocycles. The highest BCUT2D eigenvalue weighted by atomic mass is 35.5. The molecule has 4 aromatic rings. The average molecular weight is 552 g/mol. The number of ether oxygens (including phenoxy) is 1. The fourth-order valence-electron chi connectivity index (χ4n) is 6.44. The summed E-state index contributed by atoms with van der Waals surface area (Å²) in [6.45, 7) is 5.29. The Bertz CT molecular complexity index is 1530. The SMILES string of the molecule is COC(C)(c1nc2nc(-c3n[nH]c(=O)o3)nc(-c3cncc(Cl)c3)c2n1CC1CCC(C)CC1)C1CCCC1. The highest BCUT2D eigenvalue weighted by Crippen LogP contribution is 2.44. The number of rotatable bonds is 7. The van der Waals surface area contributed by atoms with Gasteiger partial charge in [0.2, 0.25) is 5.82 Å². The largest absolute Gasteiger partial charge is 0.434 e. The van der Waals surface area contributed by atoms with Gasteiger partial charge in [-0.1, -0.05) is 44.2 Å². The van der Waals surface area contributed by atoms with Gasteiger partial charge in [-0.05, 0) is 56.4 Å². The summed E-state index contributed by atoms with van der Waals surface area (Å²) < 4.78 is 13.8. The number of fused-ring (bicyclic) bond motifs is 1. The van der Waals surface area contributed by atoms with Crippen LogP contribution in [-0.2, 0) is 16.9 Å². The summed E-state index contributed by atoms with van der Waals surface area (Å²) in [6, 6.07) is 1.83. The summed E-state index contributed by atoms with van der Waals surface area (Å²) >= 11 is 6.38. The van der Waals surface area contributed by atoms with Crippen LogP contribution in [0.5, 0.6) is 0 Å². The van der Waals surface area contributed by atoms with Gasteiger partial charge in [-0.25, -0.2) is 24.8 Å². The molecular weight excluding hydrogens is 518 g/mol. The molecule has 11 heteroatoms. The summed E-state index contributed by atoms with van der Waals surface area (Å²) in [4.78, 5) is 30.8. The molecule has 2 saturated carbocycles. The molecule has 206 valence electrons. The average Bonchev–Trinajstić information content (AvgIpc) is 3.70. The Kier molecular flexibility index (Phi) is 7.01. The third-order valence-corrected chi connectivity index (χ3v) is 9.00. The molecule has 39 heavy (non-hydrogen) atoms. The summed E-state index contributed by atoms with van der Waals surface area (Å²) in [5, 5.41) is 6.76. The Hall–Kier alpha value is -3.11. The van der Waals surface area contributed by atoms with Crippen molar-refractivity contribution in [3.8, 4) is 23.0 Å². The summed E-state index contributed by atoms with van der Waals surface area (Å²) in [6.07, 6.45) is 12.6. The second-order valence-electron chi connectivity index (χ2n) is 11.3. The number of H-pyrrole nitrogens is 1. The van der Waals surface area contributed by atoms with Crippen LogP contribution in [-0.4, -0.2) is 41.8 Å². The highest BCUT2D eigenvalue weighted by Gasteiger charge is 2.43. The van der Waals surface area contributed by atoms with Crippen molar-refractivity contribution in [3.05, 3.63) is 39.9 Å². The molecule has 2 aliphatic carbocycles. The van der Waals surface area contributed by atoms with E-state index in [1.54, 1.807) is 19.5 Å². The maximum Gasteiger partial charge on any atom is 0.434 e. The van der Waals surface area contributed by atoms with E-state index in [2.05, 4.69) is 33.6 Å². The lowest BCUT2D eigenvalue weighted by Gasteiger charge is -2.35. The van der Waals surface area contributed by atoms with Crippen molar-refractivity contribution >= 4 is 22.8 Å². The molecule has 1 unspecified atom stereocenters. The first-order valence-electron chi connectivity index (χ1n) is 13.9. The molecule has 1 atom stereocenters. The summed E-state index contributed by atoms with van der Waals surface area (Å²) in [7, 11) is 1.78. The zero-order chi connectivity index (χ0) is 27.1. The maximum absolute atomic E-state index is 11.7. The fourth-order valence-corrected chi connectivity index (χ4v) is 6.62. The number of pyridine rings is 1. The van der Waals surface area contributed by atoms with Crippen LogP contribution < -0.4 is 5.76 Å².